The molecular weight excluding hydrogens is 585 g/mol. The van der Waals surface area contributed by atoms with Crippen LogP contribution in [0.3, 0.4) is 0 Å². The zero-order valence-electron chi connectivity index (χ0n) is 27.0. The summed E-state index contributed by atoms with van der Waals surface area (Å²) in [5.41, 5.74) is 1.97. The molecule has 1 aliphatic rings. The minimum atomic E-state index is -0.602. The minimum Gasteiger partial charge on any atom is -0.456 e. The van der Waals surface area contributed by atoms with Crippen LogP contribution >= 0.6 is 0 Å². The minimum absolute atomic E-state index is 0.0554. The van der Waals surface area contributed by atoms with E-state index >= 15 is 4.39 Å². The van der Waals surface area contributed by atoms with Crippen LogP contribution in [0.1, 0.15) is 49.9 Å². The Morgan fingerprint density at radius 1 is 0.913 bits per heavy atom. The number of unbranched alkanes of at least 4 members (excludes halogenated alkanes) is 2. The highest BCUT2D eigenvalue weighted by Gasteiger charge is 2.29. The molecule has 5 aromatic rings. The van der Waals surface area contributed by atoms with Crippen molar-refractivity contribution in [3.05, 3.63) is 70.3 Å². The van der Waals surface area contributed by atoms with E-state index in [0.29, 0.717) is 35.6 Å². The van der Waals surface area contributed by atoms with Crippen LogP contribution in [0, 0.1) is 5.82 Å². The van der Waals surface area contributed by atoms with Gasteiger partial charge in [-0.15, -0.1) is 0 Å². The van der Waals surface area contributed by atoms with Crippen molar-refractivity contribution in [3.63, 3.8) is 0 Å². The first-order valence-corrected chi connectivity index (χ1v) is 16.2. The van der Waals surface area contributed by atoms with Gasteiger partial charge in [-0.25, -0.2) is 4.39 Å². The molecule has 0 bridgehead atoms. The molecule has 10 heteroatoms. The number of hydrogen-bond acceptors (Lipinski definition) is 7. The first kappa shape index (κ1) is 31.6. The molecule has 0 atom stereocenters. The highest BCUT2D eigenvalue weighted by atomic mass is 19.1. The van der Waals surface area contributed by atoms with E-state index in [2.05, 4.69) is 34.3 Å². The molecule has 0 saturated carbocycles. The van der Waals surface area contributed by atoms with E-state index < -0.39 is 17.2 Å². The molecule has 242 valence electrons. The van der Waals surface area contributed by atoms with Crippen molar-refractivity contribution in [3.8, 4) is 17.2 Å². The lowest BCUT2D eigenvalue weighted by Crippen LogP contribution is -2.31. The number of halogens is 1. The van der Waals surface area contributed by atoms with Crippen LogP contribution in [-0.2, 0) is 0 Å². The van der Waals surface area contributed by atoms with E-state index in [1.54, 1.807) is 10.8 Å². The summed E-state index contributed by atoms with van der Waals surface area (Å²) in [4.78, 5) is 31.6. The monoisotopic (exact) mass is 627 g/mol. The molecule has 0 radical (unpaired) electrons. The van der Waals surface area contributed by atoms with Crippen LogP contribution < -0.4 is 20.8 Å². The van der Waals surface area contributed by atoms with Gasteiger partial charge in [0.05, 0.1) is 11.1 Å². The number of rotatable bonds is 14. The fraction of sp³-hybridized carbons (Fsp3) is 0.389. The molecule has 0 unspecified atom stereocenters. The fourth-order valence-electron chi connectivity index (χ4n) is 6.23. The number of para-hydroxylation sites is 1. The number of fused-ring (bicyclic) bond motifs is 5. The van der Waals surface area contributed by atoms with Crippen molar-refractivity contribution < 1.29 is 18.3 Å². The van der Waals surface area contributed by atoms with Gasteiger partial charge in [0.15, 0.2) is 17.3 Å². The van der Waals surface area contributed by atoms with Gasteiger partial charge >= 0.3 is 0 Å². The quantitative estimate of drug-likeness (QED) is 0.129. The van der Waals surface area contributed by atoms with Gasteiger partial charge in [0.25, 0.3) is 5.91 Å². The molecule has 0 aliphatic carbocycles. The van der Waals surface area contributed by atoms with Gasteiger partial charge in [-0.3, -0.25) is 9.59 Å². The number of nitrogens with one attached hydrogen (secondary N) is 2. The number of carbonyl (C=O) groups is 1. The molecule has 3 heterocycles. The smallest absolute Gasteiger partial charge is 0.256 e. The van der Waals surface area contributed by atoms with E-state index in [1.165, 1.54) is 6.07 Å². The normalized spacial score (nSPS) is 12.3. The molecule has 2 N–H and O–H groups in total. The fourth-order valence-corrected chi connectivity index (χ4v) is 6.23. The topological polar surface area (TPSA) is 92.0 Å². The third-order valence-corrected chi connectivity index (χ3v) is 8.78. The first-order valence-electron chi connectivity index (χ1n) is 16.2. The van der Waals surface area contributed by atoms with E-state index in [-0.39, 0.29) is 22.4 Å². The standard InChI is InChI=1S/C36H42FN5O4/c1-5-41(6-2)18-12-10-15-38-32-27(37)19-25-33-35(32)46-31-20-24-23-13-7-8-14-29(23)45-30(24)21-28(31)42(33)22-26(34(25)43)36(44)39-16-9-11-17-40(3)4/h7-8,13-14,19-22,38H,5-6,9-12,15-18H2,1-4H3,(H,39,44). The Morgan fingerprint density at radius 3 is 2.46 bits per heavy atom. The average molecular weight is 628 g/mol. The van der Waals surface area contributed by atoms with Crippen molar-refractivity contribution in [2.45, 2.75) is 39.5 Å². The number of nitrogens with zero attached hydrogens (tertiary/aromatic N) is 3. The molecule has 1 amide bonds. The highest BCUT2D eigenvalue weighted by molar-refractivity contribution is 6.07. The summed E-state index contributed by atoms with van der Waals surface area (Å²) in [6.45, 7) is 9.12. The van der Waals surface area contributed by atoms with Crippen LogP contribution in [0.15, 0.2) is 57.9 Å². The highest BCUT2D eigenvalue weighted by Crippen LogP contribution is 2.47. The van der Waals surface area contributed by atoms with Crippen LogP contribution in [0.2, 0.25) is 0 Å². The number of amides is 1. The summed E-state index contributed by atoms with van der Waals surface area (Å²) in [5.74, 6) is -0.391. The Kier molecular flexibility index (Phi) is 9.28. The van der Waals surface area contributed by atoms with Gasteiger partial charge < -0.3 is 34.2 Å². The molecule has 0 fully saturated rings. The third-order valence-electron chi connectivity index (χ3n) is 8.78. The molecule has 9 nitrogen and oxygen atoms in total. The molecular formula is C36H42FN5O4. The molecule has 3 aromatic carbocycles. The van der Waals surface area contributed by atoms with E-state index in [4.69, 9.17) is 9.15 Å². The lowest BCUT2D eigenvalue weighted by molar-refractivity contribution is 0.0951. The maximum absolute atomic E-state index is 15.9. The van der Waals surface area contributed by atoms with Crippen molar-refractivity contribution in [2.24, 2.45) is 0 Å². The van der Waals surface area contributed by atoms with Crippen LogP contribution in [0.25, 0.3) is 38.5 Å². The van der Waals surface area contributed by atoms with Gasteiger partial charge in [-0.2, -0.15) is 0 Å². The van der Waals surface area contributed by atoms with Gasteiger partial charge in [0.2, 0.25) is 5.43 Å². The van der Waals surface area contributed by atoms with Gasteiger partial charge in [-0.1, -0.05) is 32.0 Å². The van der Waals surface area contributed by atoms with Crippen molar-refractivity contribution in [2.75, 3.05) is 58.7 Å². The number of hydrogen-bond donors (Lipinski definition) is 2. The lowest BCUT2D eigenvalue weighted by atomic mass is 10.0. The Morgan fingerprint density at radius 2 is 1.67 bits per heavy atom. The Hall–Kier alpha value is -4.41. The van der Waals surface area contributed by atoms with Crippen molar-refractivity contribution >= 4 is 44.4 Å². The third kappa shape index (κ3) is 6.07. The summed E-state index contributed by atoms with van der Waals surface area (Å²) in [6.07, 6.45) is 5.03. The number of ether oxygens (including phenoxy) is 1. The second-order valence-electron chi connectivity index (χ2n) is 12.1. The molecule has 2 aromatic heterocycles. The lowest BCUT2D eigenvalue weighted by Gasteiger charge is -2.26. The van der Waals surface area contributed by atoms with E-state index in [1.807, 2.05) is 50.5 Å². The number of benzene rings is 3. The number of anilines is 1. The Labute approximate surface area is 267 Å². The van der Waals surface area contributed by atoms with Gasteiger partial charge in [-0.05, 0) is 84.2 Å². The van der Waals surface area contributed by atoms with Crippen molar-refractivity contribution in [1.29, 1.82) is 0 Å². The second kappa shape index (κ2) is 13.5. The summed E-state index contributed by atoms with van der Waals surface area (Å²) >= 11 is 0. The van der Waals surface area contributed by atoms with Crippen LogP contribution in [-0.4, -0.2) is 73.6 Å². The average Bonchev–Trinajstić information content (AvgIpc) is 3.41. The molecule has 0 spiro atoms. The maximum Gasteiger partial charge on any atom is 0.256 e. The number of furan rings is 1. The maximum atomic E-state index is 15.9. The molecule has 6 rings (SSSR count). The number of aromatic nitrogens is 1. The summed E-state index contributed by atoms with van der Waals surface area (Å²) in [5, 5.41) is 8.01. The van der Waals surface area contributed by atoms with Crippen LogP contribution in [0.4, 0.5) is 10.1 Å². The van der Waals surface area contributed by atoms with Gasteiger partial charge in [0, 0.05) is 36.1 Å². The van der Waals surface area contributed by atoms with E-state index in [9.17, 15) is 9.59 Å². The largest absolute Gasteiger partial charge is 0.456 e. The predicted octanol–water partition coefficient (Wildman–Crippen LogP) is 6.74. The van der Waals surface area contributed by atoms with Crippen molar-refractivity contribution in [1.82, 2.24) is 19.7 Å². The SMILES string of the molecule is CCN(CC)CCCCNc1c(F)cc2c(=O)c(C(=O)NCCCCN(C)C)cn3c2c1Oc1cc2c(cc1-3)oc1ccccc12. The summed E-state index contributed by atoms with van der Waals surface area (Å²) < 4.78 is 30.3. The molecule has 0 saturated heterocycles. The summed E-state index contributed by atoms with van der Waals surface area (Å²) in [6, 6.07) is 12.7. The molecule has 46 heavy (non-hydrogen) atoms. The predicted molar refractivity (Wildman–Crippen MR) is 182 cm³/mol. The Bertz CT molecular complexity index is 1960. The Balaban J connectivity index is 1.41. The first-order chi connectivity index (χ1) is 22.3. The summed E-state index contributed by atoms with van der Waals surface area (Å²) in [7, 11) is 4.01. The van der Waals surface area contributed by atoms with Gasteiger partial charge in [0.1, 0.15) is 27.9 Å². The van der Waals surface area contributed by atoms with Crippen LogP contribution in [0.5, 0.6) is 11.5 Å². The number of carbonyl (C=O) groups excluding carboxylic acids is 1. The number of pyridine rings is 1. The second-order valence-corrected chi connectivity index (χ2v) is 12.1. The van der Waals surface area contributed by atoms with E-state index in [0.717, 1.165) is 68.2 Å². The zero-order valence-corrected chi connectivity index (χ0v) is 27.0. The zero-order chi connectivity index (χ0) is 32.4. The molecule has 1 aliphatic heterocycles.